The van der Waals surface area contributed by atoms with Crippen LogP contribution < -0.4 is 0 Å². The summed E-state index contributed by atoms with van der Waals surface area (Å²) in [4.78, 5) is 20.4. The summed E-state index contributed by atoms with van der Waals surface area (Å²) in [6.07, 6.45) is -5.83. The Bertz CT molecular complexity index is 1240. The Hall–Kier alpha value is -2.50. The first-order valence-corrected chi connectivity index (χ1v) is 10.9. The average molecular weight is 522 g/mol. The molecule has 4 rings (SSSR count). The number of carbonyl (C=O) groups is 1. The Labute approximate surface area is 200 Å². The van der Waals surface area contributed by atoms with E-state index in [1.807, 2.05) is 6.07 Å². The van der Waals surface area contributed by atoms with Crippen molar-refractivity contribution in [3.63, 3.8) is 0 Å². The van der Waals surface area contributed by atoms with Gasteiger partial charge in [-0.2, -0.15) is 27.1 Å². The third-order valence-corrected chi connectivity index (χ3v) is 6.11. The summed E-state index contributed by atoms with van der Waals surface area (Å²) in [5, 5.41) is 4.81. The molecule has 0 bridgehead atoms. The van der Waals surface area contributed by atoms with Crippen molar-refractivity contribution in [1.29, 1.82) is 0 Å². The molecule has 3 heterocycles. The maximum Gasteiger partial charge on any atom is 0.459 e. The van der Waals surface area contributed by atoms with Gasteiger partial charge in [-0.05, 0) is 30.7 Å². The zero-order valence-electron chi connectivity index (χ0n) is 17.7. The summed E-state index contributed by atoms with van der Waals surface area (Å²) in [6, 6.07) is 6.93. The maximum absolute atomic E-state index is 14.1. The second-order valence-corrected chi connectivity index (χ2v) is 8.80. The normalized spacial score (nSPS) is 15.8. The molecule has 0 unspecified atom stereocenters. The van der Waals surface area contributed by atoms with Gasteiger partial charge in [0.05, 0.1) is 0 Å². The Balaban J connectivity index is 1.51. The van der Waals surface area contributed by atoms with Gasteiger partial charge < -0.3 is 4.90 Å². The van der Waals surface area contributed by atoms with Crippen molar-refractivity contribution < 1.29 is 26.7 Å². The van der Waals surface area contributed by atoms with Crippen LogP contribution in [0.3, 0.4) is 0 Å². The molecular formula is C21H18Cl2F5N5O. The van der Waals surface area contributed by atoms with Crippen LogP contribution >= 0.6 is 23.2 Å². The monoisotopic (exact) mass is 521 g/mol. The molecule has 6 nitrogen and oxygen atoms in total. The number of carbonyl (C=O) groups excluding carboxylic acids is 1. The van der Waals surface area contributed by atoms with Crippen LogP contribution in [0.25, 0.3) is 5.65 Å². The second kappa shape index (κ2) is 8.94. The highest BCUT2D eigenvalue weighted by Crippen LogP contribution is 2.43. The zero-order valence-corrected chi connectivity index (χ0v) is 19.2. The van der Waals surface area contributed by atoms with Gasteiger partial charge in [-0.3, -0.25) is 9.69 Å². The quantitative estimate of drug-likeness (QED) is 0.455. The van der Waals surface area contributed by atoms with Crippen molar-refractivity contribution in [2.24, 2.45) is 0 Å². The van der Waals surface area contributed by atoms with Gasteiger partial charge >= 0.3 is 12.1 Å². The van der Waals surface area contributed by atoms with E-state index >= 15 is 0 Å². The van der Waals surface area contributed by atoms with Crippen molar-refractivity contribution in [2.75, 3.05) is 26.2 Å². The highest BCUT2D eigenvalue weighted by molar-refractivity contribution is 6.35. The molecule has 1 fully saturated rings. The molecule has 0 spiro atoms. The van der Waals surface area contributed by atoms with Crippen molar-refractivity contribution in [2.45, 2.75) is 25.6 Å². The first kappa shape index (κ1) is 24.6. The highest BCUT2D eigenvalue weighted by atomic mass is 35.5. The van der Waals surface area contributed by atoms with Crippen molar-refractivity contribution in [3.8, 4) is 0 Å². The molecule has 2 aromatic heterocycles. The van der Waals surface area contributed by atoms with E-state index in [9.17, 15) is 26.7 Å². The first-order chi connectivity index (χ1) is 15.9. The SMILES string of the molecule is Cc1cc(C(F)(F)C(F)(F)F)n2nc(C(=O)N3CCN(Cc4ccc(Cl)cc4Cl)CC3)cc2n1. The third-order valence-electron chi connectivity index (χ3n) is 5.52. The molecule has 182 valence electrons. The number of benzene rings is 1. The van der Waals surface area contributed by atoms with E-state index in [0.29, 0.717) is 53.4 Å². The van der Waals surface area contributed by atoms with Crippen molar-refractivity contribution in [3.05, 3.63) is 63.0 Å². The van der Waals surface area contributed by atoms with Crippen molar-refractivity contribution >= 4 is 34.8 Å². The molecule has 3 aromatic rings. The van der Waals surface area contributed by atoms with Crippen LogP contribution in [0, 0.1) is 6.92 Å². The van der Waals surface area contributed by atoms with Crippen LogP contribution in [-0.2, 0) is 12.5 Å². The van der Waals surface area contributed by atoms with E-state index < -0.39 is 23.7 Å². The van der Waals surface area contributed by atoms with E-state index in [-0.39, 0.29) is 17.0 Å². The topological polar surface area (TPSA) is 53.7 Å². The average Bonchev–Trinajstić information content (AvgIpc) is 3.18. The van der Waals surface area contributed by atoms with Crippen LogP contribution in [0.4, 0.5) is 22.0 Å². The van der Waals surface area contributed by atoms with Gasteiger partial charge in [0.2, 0.25) is 0 Å². The fourth-order valence-corrected chi connectivity index (χ4v) is 4.20. The number of halogens is 7. The number of fused-ring (bicyclic) bond motifs is 1. The molecule has 1 saturated heterocycles. The lowest BCUT2D eigenvalue weighted by molar-refractivity contribution is -0.291. The summed E-state index contributed by atoms with van der Waals surface area (Å²) >= 11 is 12.1. The Morgan fingerprint density at radius 1 is 1.03 bits per heavy atom. The molecule has 34 heavy (non-hydrogen) atoms. The lowest BCUT2D eigenvalue weighted by atomic mass is 10.2. The fourth-order valence-electron chi connectivity index (χ4n) is 3.74. The van der Waals surface area contributed by atoms with Gasteiger partial charge in [-0.15, -0.1) is 0 Å². The molecule has 1 aliphatic heterocycles. The lowest BCUT2D eigenvalue weighted by Crippen LogP contribution is -2.48. The van der Waals surface area contributed by atoms with E-state index in [4.69, 9.17) is 23.2 Å². The van der Waals surface area contributed by atoms with E-state index in [2.05, 4.69) is 15.0 Å². The van der Waals surface area contributed by atoms with Gasteiger partial charge in [0, 0.05) is 54.5 Å². The molecule has 13 heteroatoms. The molecule has 1 aromatic carbocycles. The largest absolute Gasteiger partial charge is 0.459 e. The predicted molar refractivity (Wildman–Crippen MR) is 115 cm³/mol. The number of amides is 1. The molecular weight excluding hydrogens is 504 g/mol. The minimum Gasteiger partial charge on any atom is -0.335 e. The van der Waals surface area contributed by atoms with Crippen LogP contribution in [0.5, 0.6) is 0 Å². The molecule has 0 radical (unpaired) electrons. The van der Waals surface area contributed by atoms with Gasteiger partial charge in [0.15, 0.2) is 11.3 Å². The van der Waals surface area contributed by atoms with Crippen molar-refractivity contribution in [1.82, 2.24) is 24.4 Å². The number of alkyl halides is 5. The number of aryl methyl sites for hydroxylation is 1. The first-order valence-electron chi connectivity index (χ1n) is 10.1. The molecule has 0 atom stereocenters. The zero-order chi connectivity index (χ0) is 24.8. The maximum atomic E-state index is 14.1. The molecule has 1 aliphatic rings. The molecule has 1 amide bonds. The summed E-state index contributed by atoms with van der Waals surface area (Å²) in [7, 11) is 0. The van der Waals surface area contributed by atoms with Gasteiger partial charge in [-0.1, -0.05) is 29.3 Å². The minimum atomic E-state index is -5.83. The van der Waals surface area contributed by atoms with Crippen LogP contribution in [0.15, 0.2) is 30.3 Å². The smallest absolute Gasteiger partial charge is 0.335 e. The van der Waals surface area contributed by atoms with E-state index in [1.165, 1.54) is 11.8 Å². The molecule has 0 N–H and O–H groups in total. The Morgan fingerprint density at radius 3 is 2.32 bits per heavy atom. The minimum absolute atomic E-state index is 0.0557. The number of hydrogen-bond acceptors (Lipinski definition) is 4. The number of nitrogens with zero attached hydrogens (tertiary/aromatic N) is 5. The van der Waals surface area contributed by atoms with E-state index in [1.54, 1.807) is 12.1 Å². The molecule has 0 saturated carbocycles. The lowest BCUT2D eigenvalue weighted by Gasteiger charge is -2.34. The Kier molecular flexibility index (Phi) is 6.47. The predicted octanol–water partition coefficient (Wildman–Crippen LogP) is 4.96. The second-order valence-electron chi connectivity index (χ2n) is 7.96. The number of hydrogen-bond donors (Lipinski definition) is 0. The summed E-state index contributed by atoms with van der Waals surface area (Å²) in [5.41, 5.74) is -1.10. The molecule has 0 aliphatic carbocycles. The van der Waals surface area contributed by atoms with Gasteiger partial charge in [0.1, 0.15) is 5.69 Å². The van der Waals surface area contributed by atoms with Gasteiger partial charge in [-0.25, -0.2) is 9.50 Å². The summed E-state index contributed by atoms with van der Waals surface area (Å²) in [6.45, 7) is 3.48. The fraction of sp³-hybridized carbons (Fsp3) is 0.381. The summed E-state index contributed by atoms with van der Waals surface area (Å²) < 4.78 is 67.4. The summed E-state index contributed by atoms with van der Waals surface area (Å²) in [5.74, 6) is -5.74. The standard InChI is InChI=1S/C21H18Cl2F5N5O/c1-12-8-17(20(24,25)21(26,27)28)33-18(29-12)10-16(30-33)19(34)32-6-4-31(5-7-32)11-13-2-3-14(22)9-15(13)23/h2-3,8-10H,4-7,11H2,1H3. The van der Waals surface area contributed by atoms with Crippen LogP contribution in [-0.4, -0.2) is 62.7 Å². The number of piperazine rings is 1. The van der Waals surface area contributed by atoms with Crippen LogP contribution in [0.2, 0.25) is 10.0 Å². The highest BCUT2D eigenvalue weighted by Gasteiger charge is 2.60. The Morgan fingerprint density at radius 2 is 1.71 bits per heavy atom. The van der Waals surface area contributed by atoms with Gasteiger partial charge in [0.25, 0.3) is 5.91 Å². The van der Waals surface area contributed by atoms with E-state index in [0.717, 1.165) is 11.6 Å². The third kappa shape index (κ3) is 4.69. The van der Waals surface area contributed by atoms with Crippen LogP contribution in [0.1, 0.15) is 27.4 Å². The number of aromatic nitrogens is 3. The number of rotatable bonds is 4.